The van der Waals surface area contributed by atoms with Crippen LogP contribution in [0.5, 0.6) is 5.75 Å². The van der Waals surface area contributed by atoms with Gasteiger partial charge >= 0.3 is 5.97 Å². The van der Waals surface area contributed by atoms with Gasteiger partial charge in [0.2, 0.25) is 5.69 Å². The van der Waals surface area contributed by atoms with E-state index in [9.17, 15) is 17.8 Å². The first kappa shape index (κ1) is 38.0. The smallest absolute Gasteiger partial charge is 0.303 e. The lowest BCUT2D eigenvalue weighted by Crippen LogP contribution is -2.35. The van der Waals surface area contributed by atoms with Gasteiger partial charge < -0.3 is 14.7 Å². The summed E-state index contributed by atoms with van der Waals surface area (Å²) in [6.07, 6.45) is 16.1. The molecule has 0 amide bonds. The molecule has 0 fully saturated rings. The van der Waals surface area contributed by atoms with Crippen LogP contribution in [0.4, 0.5) is 15.8 Å². The minimum Gasteiger partial charge on any atom is -0.481 e. The third-order valence-electron chi connectivity index (χ3n) is 11.1. The zero-order valence-corrected chi connectivity index (χ0v) is 32.2. The molecule has 2 aromatic carbocycles. The SMILES string of the molecule is Cc1cc(F)c2c(c1)C(C)(CCCCS(=O)(=O)O)C(/C=C/C=C1\C=C(C(C)(C)C)Oc3c1cc1c4c3CCCN4CCC1)=[N+]2CCCCCC(=O)O. The van der Waals surface area contributed by atoms with Crippen LogP contribution in [0.25, 0.3) is 5.57 Å². The van der Waals surface area contributed by atoms with Crippen LogP contribution in [0.15, 0.2) is 48.3 Å². The average molecular weight is 734 g/mol. The van der Waals surface area contributed by atoms with Gasteiger partial charge in [0.1, 0.15) is 18.1 Å². The van der Waals surface area contributed by atoms with Gasteiger partial charge in [0.25, 0.3) is 10.1 Å². The van der Waals surface area contributed by atoms with Crippen LogP contribution < -0.4 is 9.64 Å². The lowest BCUT2D eigenvalue weighted by Gasteiger charge is -2.40. The van der Waals surface area contributed by atoms with Crippen molar-refractivity contribution in [2.24, 2.45) is 5.41 Å². The van der Waals surface area contributed by atoms with E-state index in [1.54, 1.807) is 6.07 Å². The molecule has 4 aliphatic heterocycles. The molecule has 0 saturated carbocycles. The van der Waals surface area contributed by atoms with E-state index >= 15 is 4.39 Å². The summed E-state index contributed by atoms with van der Waals surface area (Å²) in [6.45, 7) is 13.1. The van der Waals surface area contributed by atoms with Gasteiger partial charge in [-0.25, -0.2) is 0 Å². The second kappa shape index (κ2) is 14.9. The maximum atomic E-state index is 16.0. The molecule has 4 heterocycles. The predicted octanol–water partition coefficient (Wildman–Crippen LogP) is 8.85. The quantitative estimate of drug-likeness (QED) is 0.120. The molecule has 2 aromatic rings. The van der Waals surface area contributed by atoms with Crippen LogP contribution in [-0.2, 0) is 33.2 Å². The maximum Gasteiger partial charge on any atom is 0.303 e. The van der Waals surface area contributed by atoms with Crippen molar-refractivity contribution >= 4 is 38.7 Å². The fourth-order valence-electron chi connectivity index (χ4n) is 8.51. The Morgan fingerprint density at radius 2 is 1.83 bits per heavy atom. The van der Waals surface area contributed by atoms with E-state index in [2.05, 4.69) is 63.0 Å². The summed E-state index contributed by atoms with van der Waals surface area (Å²) < 4.78 is 57.3. The van der Waals surface area contributed by atoms with Crippen LogP contribution in [0, 0.1) is 18.2 Å². The van der Waals surface area contributed by atoms with Crippen molar-refractivity contribution in [3.63, 3.8) is 0 Å². The summed E-state index contributed by atoms with van der Waals surface area (Å²) in [5.74, 6) is 0.414. The minimum atomic E-state index is -4.10. The van der Waals surface area contributed by atoms with E-state index in [1.165, 1.54) is 16.8 Å². The van der Waals surface area contributed by atoms with Crippen LogP contribution in [-0.4, -0.2) is 59.7 Å². The number of carboxylic acids is 1. The molecular formula is C42H54FN2O6S+. The monoisotopic (exact) mass is 733 g/mol. The predicted molar refractivity (Wildman–Crippen MR) is 205 cm³/mol. The molecule has 280 valence electrons. The third kappa shape index (κ3) is 7.93. The first-order valence-electron chi connectivity index (χ1n) is 18.9. The number of anilines is 1. The number of nitrogens with zero attached hydrogens (tertiary/aromatic N) is 2. The van der Waals surface area contributed by atoms with Gasteiger partial charge in [-0.2, -0.15) is 17.4 Å². The number of carbonyl (C=O) groups is 1. The Labute approximate surface area is 308 Å². The molecule has 0 aromatic heterocycles. The molecule has 52 heavy (non-hydrogen) atoms. The molecule has 0 aliphatic carbocycles. The van der Waals surface area contributed by atoms with Gasteiger partial charge in [-0.15, -0.1) is 0 Å². The van der Waals surface area contributed by atoms with Gasteiger partial charge in [0, 0.05) is 59.8 Å². The summed E-state index contributed by atoms with van der Waals surface area (Å²) in [6, 6.07) is 5.90. The van der Waals surface area contributed by atoms with Crippen LogP contribution in [0.2, 0.25) is 0 Å². The van der Waals surface area contributed by atoms with Crippen molar-refractivity contribution in [1.29, 1.82) is 0 Å². The molecule has 2 N–H and O–H groups in total. The summed E-state index contributed by atoms with van der Waals surface area (Å²) in [4.78, 5) is 13.7. The Bertz CT molecular complexity index is 1990. The van der Waals surface area contributed by atoms with E-state index in [0.29, 0.717) is 44.3 Å². The molecular weight excluding hydrogens is 680 g/mol. The number of hydrogen-bond acceptors (Lipinski definition) is 5. The van der Waals surface area contributed by atoms with Crippen molar-refractivity contribution in [3.05, 3.63) is 81.9 Å². The number of hydrogen-bond donors (Lipinski definition) is 2. The average Bonchev–Trinajstić information content (AvgIpc) is 3.29. The largest absolute Gasteiger partial charge is 0.481 e. The number of ether oxygens (including phenoxy) is 1. The van der Waals surface area contributed by atoms with Gasteiger partial charge in [-0.1, -0.05) is 39.3 Å². The van der Waals surface area contributed by atoms with Crippen molar-refractivity contribution in [1.82, 2.24) is 0 Å². The molecule has 1 atom stereocenters. The van der Waals surface area contributed by atoms with Gasteiger partial charge in [-0.05, 0) is 106 Å². The second-order valence-corrected chi connectivity index (χ2v) is 17.8. The highest BCUT2D eigenvalue weighted by Gasteiger charge is 2.49. The molecule has 0 bridgehead atoms. The number of carboxylic acid groups (broad SMARTS) is 1. The third-order valence-corrected chi connectivity index (χ3v) is 11.9. The number of benzene rings is 2. The zero-order chi connectivity index (χ0) is 37.4. The van der Waals surface area contributed by atoms with Crippen LogP contribution in [0.1, 0.15) is 113 Å². The fraction of sp³-hybridized carbons (Fsp3) is 0.524. The van der Waals surface area contributed by atoms with E-state index in [-0.39, 0.29) is 29.8 Å². The Hall–Kier alpha value is -3.76. The van der Waals surface area contributed by atoms with Crippen LogP contribution >= 0.6 is 0 Å². The summed E-state index contributed by atoms with van der Waals surface area (Å²) in [5.41, 5.74) is 8.46. The Morgan fingerprint density at radius 1 is 1.08 bits per heavy atom. The lowest BCUT2D eigenvalue weighted by atomic mass is 9.75. The van der Waals surface area contributed by atoms with Gasteiger partial charge in [-0.3, -0.25) is 9.35 Å². The molecule has 8 nitrogen and oxygen atoms in total. The van der Waals surface area contributed by atoms with E-state index < -0.39 is 21.5 Å². The Balaban J connectivity index is 1.44. The normalized spacial score (nSPS) is 20.6. The topological polar surface area (TPSA) is 107 Å². The van der Waals surface area contributed by atoms with Crippen LogP contribution in [0.3, 0.4) is 0 Å². The minimum absolute atomic E-state index is 0.0951. The molecule has 0 saturated heterocycles. The number of rotatable bonds is 13. The van der Waals surface area contributed by atoms with E-state index in [1.807, 2.05) is 17.6 Å². The summed E-state index contributed by atoms with van der Waals surface area (Å²) in [7, 11) is -4.10. The first-order chi connectivity index (χ1) is 24.6. The Kier molecular flexibility index (Phi) is 10.9. The molecule has 0 radical (unpaired) electrons. The Morgan fingerprint density at radius 3 is 2.54 bits per heavy atom. The highest BCUT2D eigenvalue weighted by atomic mass is 32.2. The molecule has 10 heteroatoms. The first-order valence-corrected chi connectivity index (χ1v) is 20.5. The number of unbranched alkanes of at least 4 members (excludes halogenated alkanes) is 3. The summed E-state index contributed by atoms with van der Waals surface area (Å²) >= 11 is 0. The molecule has 4 aliphatic rings. The molecule has 0 spiro atoms. The number of aryl methyl sites for hydroxylation is 2. The molecule has 6 rings (SSSR count). The highest BCUT2D eigenvalue weighted by molar-refractivity contribution is 7.85. The fourth-order valence-corrected chi connectivity index (χ4v) is 9.08. The van der Waals surface area contributed by atoms with Crippen molar-refractivity contribution in [3.8, 4) is 5.75 Å². The standard InChI is InChI=1S/C42H53FN2O6S/c1-28-24-33-39(34(43)25-28)45(22-9-6-7-18-37(46)47)35(42(33,5)19-8-10-23-52(48,49)50)17-11-14-29-27-36(41(2,3)4)51-40-31-16-13-21-44-20-12-15-30(38(31)44)26-32(29)40/h11,14,17,24-27H,6-10,12-13,15-16,18-23H2,1-5H3,(H-,46,47,48,49,50)/p+1. The van der Waals surface area contributed by atoms with Gasteiger partial charge in [0.05, 0.1) is 11.2 Å². The lowest BCUT2D eigenvalue weighted by molar-refractivity contribution is -0.440. The number of aliphatic carboxylic acids is 1. The van der Waals surface area contributed by atoms with Crippen molar-refractivity contribution in [2.45, 2.75) is 111 Å². The number of allylic oxidation sites excluding steroid dienone is 6. The van der Waals surface area contributed by atoms with Crippen molar-refractivity contribution in [2.75, 3.05) is 30.3 Å². The zero-order valence-electron chi connectivity index (χ0n) is 31.4. The number of fused-ring (bicyclic) bond motifs is 3. The second-order valence-electron chi connectivity index (χ2n) is 16.2. The van der Waals surface area contributed by atoms with Crippen molar-refractivity contribution < 1.29 is 36.6 Å². The highest BCUT2D eigenvalue weighted by Crippen LogP contribution is 2.49. The number of halogens is 1. The molecule has 1 unspecified atom stereocenters. The maximum absolute atomic E-state index is 16.0. The van der Waals surface area contributed by atoms with E-state index in [4.69, 9.17) is 9.84 Å². The van der Waals surface area contributed by atoms with Gasteiger partial charge in [0.15, 0.2) is 11.5 Å². The summed E-state index contributed by atoms with van der Waals surface area (Å²) in [5, 5.41) is 9.16. The van der Waals surface area contributed by atoms with E-state index in [0.717, 1.165) is 78.3 Å².